The molecule has 0 aliphatic carbocycles. The maximum atomic E-state index is 10.6. The van der Waals surface area contributed by atoms with E-state index in [1.807, 2.05) is 0 Å². The number of aliphatic hydroxyl groups excluding tert-OH is 1. The summed E-state index contributed by atoms with van der Waals surface area (Å²) >= 11 is 0. The van der Waals surface area contributed by atoms with Crippen LogP contribution in [0.4, 0.5) is 0 Å². The number of rotatable bonds is 11. The van der Waals surface area contributed by atoms with E-state index in [2.05, 4.69) is 0 Å². The summed E-state index contributed by atoms with van der Waals surface area (Å²) in [6.45, 7) is 1.76. The molecule has 0 fully saturated rings. The SMILES string of the molecule is CC(CCCCCCCCCCO)S(=O)(=O)[O-].[Na+]. The molecular weight excluding hydrogens is 263 g/mol. The third-order valence-electron chi connectivity index (χ3n) is 3.01. The van der Waals surface area contributed by atoms with Gasteiger partial charge in [0.05, 0.1) is 10.1 Å². The van der Waals surface area contributed by atoms with Crippen molar-refractivity contribution in [3.63, 3.8) is 0 Å². The minimum atomic E-state index is -4.08. The van der Waals surface area contributed by atoms with Gasteiger partial charge in [0.25, 0.3) is 0 Å². The van der Waals surface area contributed by atoms with Crippen LogP contribution in [0.15, 0.2) is 0 Å². The van der Waals surface area contributed by atoms with E-state index in [1.54, 1.807) is 0 Å². The van der Waals surface area contributed by atoms with Crippen LogP contribution >= 0.6 is 0 Å². The van der Waals surface area contributed by atoms with E-state index in [4.69, 9.17) is 5.11 Å². The average Bonchev–Trinajstić information content (AvgIpc) is 2.25. The van der Waals surface area contributed by atoms with E-state index in [-0.39, 0.29) is 36.2 Å². The van der Waals surface area contributed by atoms with Crippen molar-refractivity contribution in [3.8, 4) is 0 Å². The van der Waals surface area contributed by atoms with Gasteiger partial charge in [0.1, 0.15) is 0 Å². The zero-order valence-electron chi connectivity index (χ0n) is 11.7. The van der Waals surface area contributed by atoms with Crippen LogP contribution in [0, 0.1) is 0 Å². The van der Waals surface area contributed by atoms with Crippen LogP contribution in [0.2, 0.25) is 0 Å². The molecule has 0 saturated heterocycles. The molecule has 0 aliphatic heterocycles. The van der Waals surface area contributed by atoms with E-state index in [0.717, 1.165) is 44.9 Å². The molecule has 0 radical (unpaired) electrons. The molecule has 1 N–H and O–H groups in total. The topological polar surface area (TPSA) is 77.4 Å². The second-order valence-electron chi connectivity index (χ2n) is 4.64. The third kappa shape index (κ3) is 13.3. The van der Waals surface area contributed by atoms with Crippen LogP contribution in [0.1, 0.15) is 64.7 Å². The Morgan fingerprint density at radius 2 is 1.33 bits per heavy atom. The molecule has 4 nitrogen and oxygen atoms in total. The van der Waals surface area contributed by atoms with Crippen LogP contribution < -0.4 is 29.6 Å². The summed E-state index contributed by atoms with van der Waals surface area (Å²) in [7, 11) is -4.08. The van der Waals surface area contributed by atoms with Crippen LogP contribution in [-0.2, 0) is 10.1 Å². The summed E-state index contributed by atoms with van der Waals surface area (Å²) in [5.74, 6) is 0. The van der Waals surface area contributed by atoms with Gasteiger partial charge in [-0.2, -0.15) is 0 Å². The maximum absolute atomic E-state index is 10.6. The van der Waals surface area contributed by atoms with E-state index in [1.165, 1.54) is 13.3 Å². The Morgan fingerprint density at radius 3 is 1.72 bits per heavy atom. The Balaban J connectivity index is 0. The van der Waals surface area contributed by atoms with Crippen LogP contribution in [0.3, 0.4) is 0 Å². The summed E-state index contributed by atoms with van der Waals surface area (Å²) in [6.07, 6.45) is 8.87. The summed E-state index contributed by atoms with van der Waals surface area (Å²) in [6, 6.07) is 0. The molecule has 0 amide bonds. The van der Waals surface area contributed by atoms with Gasteiger partial charge in [-0.15, -0.1) is 0 Å². The molecule has 0 saturated carbocycles. The molecule has 18 heavy (non-hydrogen) atoms. The molecule has 0 rings (SSSR count). The first kappa shape index (κ1) is 21.2. The van der Waals surface area contributed by atoms with Gasteiger partial charge < -0.3 is 9.66 Å². The zero-order valence-corrected chi connectivity index (χ0v) is 14.5. The van der Waals surface area contributed by atoms with Crippen molar-refractivity contribution in [2.75, 3.05) is 6.61 Å². The molecule has 0 aromatic carbocycles. The smallest absolute Gasteiger partial charge is 0.748 e. The largest absolute Gasteiger partial charge is 1.00 e. The van der Waals surface area contributed by atoms with Crippen molar-refractivity contribution in [3.05, 3.63) is 0 Å². The van der Waals surface area contributed by atoms with Gasteiger partial charge in [-0.25, -0.2) is 8.42 Å². The second kappa shape index (κ2) is 12.9. The van der Waals surface area contributed by atoms with Gasteiger partial charge in [-0.3, -0.25) is 0 Å². The summed E-state index contributed by atoms with van der Waals surface area (Å²) in [4.78, 5) is 0. The molecule has 0 aromatic heterocycles. The average molecular weight is 288 g/mol. The molecule has 104 valence electrons. The van der Waals surface area contributed by atoms with Crippen molar-refractivity contribution in [2.24, 2.45) is 0 Å². The fraction of sp³-hybridized carbons (Fsp3) is 1.00. The normalized spacial score (nSPS) is 13.1. The summed E-state index contributed by atoms with van der Waals surface area (Å²) in [5, 5.41) is 7.84. The Bertz CT molecular complexity index is 267. The van der Waals surface area contributed by atoms with Crippen molar-refractivity contribution >= 4 is 10.1 Å². The monoisotopic (exact) mass is 288 g/mol. The predicted molar refractivity (Wildman–Crippen MR) is 67.8 cm³/mol. The molecule has 6 heteroatoms. The van der Waals surface area contributed by atoms with Crippen molar-refractivity contribution in [2.45, 2.75) is 70.0 Å². The van der Waals surface area contributed by atoms with Gasteiger partial charge in [-0.05, 0) is 19.8 Å². The Morgan fingerprint density at radius 1 is 0.944 bits per heavy atom. The quantitative estimate of drug-likeness (QED) is 0.314. The molecular formula is C12H25NaO4S. The second-order valence-corrected chi connectivity index (χ2v) is 6.43. The Hall–Kier alpha value is 0.870. The first-order valence-corrected chi connectivity index (χ1v) is 8.01. The van der Waals surface area contributed by atoms with Crippen LogP contribution in [0.25, 0.3) is 0 Å². The van der Waals surface area contributed by atoms with Crippen molar-refractivity contribution < 1.29 is 47.6 Å². The number of hydrogen-bond acceptors (Lipinski definition) is 4. The minimum absolute atomic E-state index is 0. The first-order valence-electron chi connectivity index (χ1n) is 6.54. The number of aliphatic hydroxyl groups is 1. The summed E-state index contributed by atoms with van der Waals surface area (Å²) in [5.41, 5.74) is 0. The van der Waals surface area contributed by atoms with Crippen molar-refractivity contribution in [1.29, 1.82) is 0 Å². The van der Waals surface area contributed by atoms with Crippen LogP contribution in [0.5, 0.6) is 0 Å². The van der Waals surface area contributed by atoms with Gasteiger partial charge >= 0.3 is 29.6 Å². The van der Waals surface area contributed by atoms with Gasteiger partial charge in [-0.1, -0.05) is 44.9 Å². The van der Waals surface area contributed by atoms with Crippen LogP contribution in [-0.4, -0.2) is 29.9 Å². The fourth-order valence-corrected chi connectivity index (χ4v) is 2.20. The van der Waals surface area contributed by atoms with E-state index < -0.39 is 15.4 Å². The van der Waals surface area contributed by atoms with E-state index in [9.17, 15) is 13.0 Å². The fourth-order valence-electron chi connectivity index (χ4n) is 1.75. The maximum Gasteiger partial charge on any atom is 1.00 e. The molecule has 0 aliphatic rings. The van der Waals surface area contributed by atoms with Gasteiger partial charge in [0.2, 0.25) is 0 Å². The third-order valence-corrected chi connectivity index (χ3v) is 4.23. The van der Waals surface area contributed by atoms with Crippen molar-refractivity contribution in [1.82, 2.24) is 0 Å². The van der Waals surface area contributed by atoms with E-state index in [0.29, 0.717) is 6.42 Å². The molecule has 1 atom stereocenters. The molecule has 1 unspecified atom stereocenters. The Kier molecular flexibility index (Phi) is 15.2. The predicted octanol–water partition coefficient (Wildman–Crippen LogP) is -0.573. The number of hydrogen-bond donors (Lipinski definition) is 1. The van der Waals surface area contributed by atoms with Gasteiger partial charge in [0, 0.05) is 11.9 Å². The molecule has 0 aromatic rings. The summed E-state index contributed by atoms with van der Waals surface area (Å²) < 4.78 is 31.9. The standard InChI is InChI=1S/C12H26O4S.Na/c1-12(17(14,15)16)10-8-6-4-2-3-5-7-9-11-13;/h12-13H,2-11H2,1H3,(H,14,15,16);/q;+1/p-1. The van der Waals surface area contributed by atoms with E-state index >= 15 is 0 Å². The Labute approximate surface area is 134 Å². The molecule has 0 bridgehead atoms. The number of unbranched alkanes of at least 4 members (excludes halogenated alkanes) is 7. The zero-order chi connectivity index (χ0) is 13.1. The molecule has 0 spiro atoms. The van der Waals surface area contributed by atoms with Gasteiger partial charge in [0.15, 0.2) is 0 Å². The molecule has 0 heterocycles. The first-order chi connectivity index (χ1) is 7.98. The minimum Gasteiger partial charge on any atom is -0.748 e.